The van der Waals surface area contributed by atoms with Gasteiger partial charge in [0, 0.05) is 23.3 Å². The van der Waals surface area contributed by atoms with Crippen LogP contribution in [0.5, 0.6) is 0 Å². The Kier molecular flexibility index (Phi) is 4.62. The SMILES string of the molecule is CCn1cnc(S(=O)(=O)NC(C)c2ccc(Br)cc2)c1. The number of aromatic nitrogens is 2. The van der Waals surface area contributed by atoms with Crippen LogP contribution in [0.4, 0.5) is 0 Å². The smallest absolute Gasteiger partial charge is 0.260 e. The van der Waals surface area contributed by atoms with E-state index in [2.05, 4.69) is 25.6 Å². The zero-order valence-corrected chi connectivity index (χ0v) is 13.6. The fraction of sp³-hybridized carbons (Fsp3) is 0.308. The van der Waals surface area contributed by atoms with Crippen LogP contribution in [0, 0.1) is 0 Å². The summed E-state index contributed by atoms with van der Waals surface area (Å²) in [6, 6.07) is 7.20. The topological polar surface area (TPSA) is 64.0 Å². The summed E-state index contributed by atoms with van der Waals surface area (Å²) < 4.78 is 29.7. The second-order valence-corrected chi connectivity index (χ2v) is 7.01. The molecule has 0 aliphatic rings. The highest BCUT2D eigenvalue weighted by Gasteiger charge is 2.20. The van der Waals surface area contributed by atoms with Gasteiger partial charge in [-0.15, -0.1) is 0 Å². The van der Waals surface area contributed by atoms with Crippen LogP contribution in [0.25, 0.3) is 0 Å². The number of benzene rings is 1. The lowest BCUT2D eigenvalue weighted by Crippen LogP contribution is -2.27. The van der Waals surface area contributed by atoms with Gasteiger partial charge < -0.3 is 4.57 Å². The Bertz CT molecular complexity index is 680. The van der Waals surface area contributed by atoms with Gasteiger partial charge in [0.1, 0.15) is 0 Å². The molecule has 0 saturated carbocycles. The highest BCUT2D eigenvalue weighted by Crippen LogP contribution is 2.18. The van der Waals surface area contributed by atoms with Gasteiger partial charge in [0.15, 0.2) is 5.03 Å². The van der Waals surface area contributed by atoms with Gasteiger partial charge >= 0.3 is 0 Å². The first-order valence-electron chi connectivity index (χ1n) is 6.22. The number of imidazole rings is 1. The third-order valence-corrected chi connectivity index (χ3v) is 4.91. The molecule has 0 aliphatic carbocycles. The van der Waals surface area contributed by atoms with Gasteiger partial charge in [-0.3, -0.25) is 0 Å². The molecule has 108 valence electrons. The van der Waals surface area contributed by atoms with E-state index in [-0.39, 0.29) is 11.1 Å². The number of hydrogen-bond donors (Lipinski definition) is 1. The highest BCUT2D eigenvalue weighted by atomic mass is 79.9. The van der Waals surface area contributed by atoms with Crippen molar-refractivity contribution in [2.75, 3.05) is 0 Å². The van der Waals surface area contributed by atoms with E-state index < -0.39 is 10.0 Å². The Balaban J connectivity index is 2.17. The Hall–Kier alpha value is -1.18. The second-order valence-electron chi connectivity index (χ2n) is 4.44. The van der Waals surface area contributed by atoms with E-state index in [9.17, 15) is 8.42 Å². The molecule has 0 amide bonds. The lowest BCUT2D eigenvalue weighted by atomic mass is 10.1. The molecule has 1 atom stereocenters. The molecule has 1 aromatic heterocycles. The van der Waals surface area contributed by atoms with Gasteiger partial charge in [0.25, 0.3) is 10.0 Å². The Labute approximate surface area is 127 Å². The maximum absolute atomic E-state index is 12.2. The minimum Gasteiger partial charge on any atom is -0.336 e. The fourth-order valence-electron chi connectivity index (χ4n) is 1.76. The number of halogens is 1. The Morgan fingerprint density at radius 1 is 1.35 bits per heavy atom. The number of hydrogen-bond acceptors (Lipinski definition) is 3. The Morgan fingerprint density at radius 2 is 2.00 bits per heavy atom. The van der Waals surface area contributed by atoms with Crippen LogP contribution in [-0.4, -0.2) is 18.0 Å². The zero-order chi connectivity index (χ0) is 14.8. The van der Waals surface area contributed by atoms with Gasteiger partial charge in [0.05, 0.1) is 6.33 Å². The van der Waals surface area contributed by atoms with Crippen LogP contribution in [0.3, 0.4) is 0 Å². The van der Waals surface area contributed by atoms with Crippen molar-refractivity contribution < 1.29 is 8.42 Å². The van der Waals surface area contributed by atoms with Crippen molar-refractivity contribution >= 4 is 26.0 Å². The predicted octanol–water partition coefficient (Wildman–Crippen LogP) is 2.71. The van der Waals surface area contributed by atoms with E-state index in [1.807, 2.05) is 31.2 Å². The Morgan fingerprint density at radius 3 is 2.55 bits per heavy atom. The van der Waals surface area contributed by atoms with Crippen molar-refractivity contribution in [3.8, 4) is 0 Å². The van der Waals surface area contributed by atoms with E-state index in [1.54, 1.807) is 11.5 Å². The first-order chi connectivity index (χ1) is 9.42. The molecule has 1 unspecified atom stereocenters. The minimum absolute atomic E-state index is 0.0447. The number of aryl methyl sites for hydroxylation is 1. The summed E-state index contributed by atoms with van der Waals surface area (Å²) in [5.74, 6) is 0. The van der Waals surface area contributed by atoms with E-state index in [4.69, 9.17) is 0 Å². The summed E-state index contributed by atoms with van der Waals surface area (Å²) >= 11 is 3.35. The summed E-state index contributed by atoms with van der Waals surface area (Å²) in [5.41, 5.74) is 0.895. The molecule has 1 aromatic carbocycles. The predicted molar refractivity (Wildman–Crippen MR) is 80.8 cm³/mol. The molecule has 0 radical (unpaired) electrons. The highest BCUT2D eigenvalue weighted by molar-refractivity contribution is 9.10. The molecule has 1 N–H and O–H groups in total. The van der Waals surface area contributed by atoms with E-state index >= 15 is 0 Å². The quantitative estimate of drug-likeness (QED) is 0.894. The van der Waals surface area contributed by atoms with E-state index in [0.29, 0.717) is 6.54 Å². The molecule has 0 fully saturated rings. The molecule has 2 aromatic rings. The van der Waals surface area contributed by atoms with Crippen LogP contribution in [0.2, 0.25) is 0 Å². The molecule has 0 bridgehead atoms. The third-order valence-electron chi connectivity index (χ3n) is 2.95. The van der Waals surface area contributed by atoms with Crippen molar-refractivity contribution in [2.24, 2.45) is 0 Å². The maximum Gasteiger partial charge on any atom is 0.260 e. The number of nitrogens with zero attached hydrogens (tertiary/aromatic N) is 2. The molecule has 5 nitrogen and oxygen atoms in total. The number of nitrogens with one attached hydrogen (secondary N) is 1. The van der Waals surface area contributed by atoms with E-state index in [0.717, 1.165) is 10.0 Å². The second kappa shape index (κ2) is 6.07. The molecular formula is C13H16BrN3O2S. The lowest BCUT2D eigenvalue weighted by molar-refractivity contribution is 0.563. The maximum atomic E-state index is 12.2. The van der Waals surface area contributed by atoms with Crippen molar-refractivity contribution in [1.82, 2.24) is 14.3 Å². The normalized spacial score (nSPS) is 13.3. The van der Waals surface area contributed by atoms with Gasteiger partial charge in [-0.1, -0.05) is 28.1 Å². The summed E-state index contributed by atoms with van der Waals surface area (Å²) in [7, 11) is -3.60. The van der Waals surface area contributed by atoms with Gasteiger partial charge in [-0.2, -0.15) is 0 Å². The first-order valence-corrected chi connectivity index (χ1v) is 8.49. The molecule has 0 saturated heterocycles. The minimum atomic E-state index is -3.60. The van der Waals surface area contributed by atoms with Gasteiger partial charge in [0.2, 0.25) is 0 Å². The van der Waals surface area contributed by atoms with Crippen LogP contribution in [-0.2, 0) is 16.6 Å². The summed E-state index contributed by atoms with van der Waals surface area (Å²) in [6.45, 7) is 4.42. The lowest BCUT2D eigenvalue weighted by Gasteiger charge is -2.13. The van der Waals surface area contributed by atoms with Crippen LogP contribution >= 0.6 is 15.9 Å². The van der Waals surface area contributed by atoms with Gasteiger partial charge in [-0.05, 0) is 31.5 Å². The first kappa shape index (κ1) is 15.2. The molecule has 0 aliphatic heterocycles. The molecule has 0 spiro atoms. The van der Waals surface area contributed by atoms with Crippen molar-refractivity contribution in [3.63, 3.8) is 0 Å². The molecule has 1 heterocycles. The monoisotopic (exact) mass is 357 g/mol. The van der Waals surface area contributed by atoms with Gasteiger partial charge in [-0.25, -0.2) is 18.1 Å². The summed E-state index contributed by atoms with van der Waals surface area (Å²) in [5, 5.41) is 0.0447. The summed E-state index contributed by atoms with van der Waals surface area (Å²) in [6.07, 6.45) is 3.04. The molecular weight excluding hydrogens is 342 g/mol. The summed E-state index contributed by atoms with van der Waals surface area (Å²) in [4.78, 5) is 3.92. The average molecular weight is 358 g/mol. The van der Waals surface area contributed by atoms with Crippen molar-refractivity contribution in [3.05, 3.63) is 46.8 Å². The third kappa shape index (κ3) is 3.47. The van der Waals surface area contributed by atoms with E-state index in [1.165, 1.54) is 12.5 Å². The van der Waals surface area contributed by atoms with Crippen LogP contribution < -0.4 is 4.72 Å². The largest absolute Gasteiger partial charge is 0.336 e. The van der Waals surface area contributed by atoms with Crippen molar-refractivity contribution in [2.45, 2.75) is 31.5 Å². The number of rotatable bonds is 5. The molecule has 2 rings (SSSR count). The van der Waals surface area contributed by atoms with Crippen LogP contribution in [0.1, 0.15) is 25.5 Å². The zero-order valence-electron chi connectivity index (χ0n) is 11.2. The van der Waals surface area contributed by atoms with Crippen molar-refractivity contribution in [1.29, 1.82) is 0 Å². The molecule has 20 heavy (non-hydrogen) atoms. The standard InChI is InChI=1S/C13H16BrN3O2S/c1-3-17-8-13(15-9-17)20(18,19)16-10(2)11-4-6-12(14)7-5-11/h4-10,16H,3H2,1-2H3. The average Bonchev–Trinajstić information content (AvgIpc) is 2.88. The molecule has 7 heteroatoms. The fourth-order valence-corrected chi connectivity index (χ4v) is 3.21. The number of sulfonamides is 1. The van der Waals surface area contributed by atoms with Crippen LogP contribution in [0.15, 0.2) is 46.3 Å².